The van der Waals surface area contributed by atoms with Gasteiger partial charge >= 0.3 is 0 Å². The Labute approximate surface area is 97.8 Å². The standard InChI is InChI=1S/C11H13FN4O/c1-17-8-4-2-3-7(9(8)12)10(16-13)11-14-5-6-15-11/h2-6,10,16H,13H2,1H3,(H,14,15). The van der Waals surface area contributed by atoms with Crippen LogP contribution in [0.25, 0.3) is 0 Å². The Kier molecular flexibility index (Phi) is 3.36. The SMILES string of the molecule is COc1cccc(C(NN)c2ncc[nH]2)c1F. The van der Waals surface area contributed by atoms with Gasteiger partial charge in [-0.15, -0.1) is 0 Å². The van der Waals surface area contributed by atoms with E-state index in [9.17, 15) is 4.39 Å². The highest BCUT2D eigenvalue weighted by Gasteiger charge is 2.20. The Bertz CT molecular complexity index is 486. The molecule has 1 aromatic heterocycles. The molecule has 2 rings (SSSR count). The van der Waals surface area contributed by atoms with Crippen LogP contribution in [0.4, 0.5) is 4.39 Å². The van der Waals surface area contributed by atoms with Gasteiger partial charge in [0.25, 0.3) is 0 Å². The van der Waals surface area contributed by atoms with Gasteiger partial charge in [-0.2, -0.15) is 0 Å². The number of aromatic nitrogens is 2. The number of H-pyrrole nitrogens is 1. The highest BCUT2D eigenvalue weighted by atomic mass is 19.1. The first-order valence-corrected chi connectivity index (χ1v) is 5.05. The van der Waals surface area contributed by atoms with Crippen LogP contribution in [0.5, 0.6) is 5.75 Å². The third-order valence-corrected chi connectivity index (χ3v) is 2.48. The largest absolute Gasteiger partial charge is 0.494 e. The second-order valence-corrected chi connectivity index (χ2v) is 3.44. The lowest BCUT2D eigenvalue weighted by atomic mass is 10.1. The van der Waals surface area contributed by atoms with Crippen molar-refractivity contribution in [1.82, 2.24) is 15.4 Å². The van der Waals surface area contributed by atoms with E-state index in [-0.39, 0.29) is 5.75 Å². The number of hydrogen-bond acceptors (Lipinski definition) is 4. The molecule has 1 unspecified atom stereocenters. The van der Waals surface area contributed by atoms with Gasteiger partial charge in [-0.3, -0.25) is 5.84 Å². The van der Waals surface area contributed by atoms with Crippen LogP contribution in [0.1, 0.15) is 17.4 Å². The summed E-state index contributed by atoms with van der Waals surface area (Å²) < 4.78 is 19.0. The van der Waals surface area contributed by atoms with E-state index in [0.29, 0.717) is 11.4 Å². The van der Waals surface area contributed by atoms with Gasteiger partial charge in [0.1, 0.15) is 11.9 Å². The Balaban J connectivity index is 2.44. The molecule has 0 amide bonds. The molecule has 0 aliphatic heterocycles. The quantitative estimate of drug-likeness (QED) is 0.549. The zero-order valence-corrected chi connectivity index (χ0v) is 9.27. The van der Waals surface area contributed by atoms with Crippen molar-refractivity contribution in [3.8, 4) is 5.75 Å². The molecule has 0 aliphatic rings. The van der Waals surface area contributed by atoms with E-state index < -0.39 is 11.9 Å². The number of hydrogen-bond donors (Lipinski definition) is 3. The van der Waals surface area contributed by atoms with Crippen LogP contribution in [-0.4, -0.2) is 17.1 Å². The average molecular weight is 236 g/mol. The van der Waals surface area contributed by atoms with Gasteiger partial charge in [0.2, 0.25) is 0 Å². The van der Waals surface area contributed by atoms with E-state index in [2.05, 4.69) is 15.4 Å². The molecule has 1 atom stereocenters. The molecular weight excluding hydrogens is 223 g/mol. The van der Waals surface area contributed by atoms with Crippen molar-refractivity contribution < 1.29 is 9.13 Å². The van der Waals surface area contributed by atoms with Crippen LogP contribution in [-0.2, 0) is 0 Å². The van der Waals surface area contributed by atoms with Gasteiger partial charge in [-0.1, -0.05) is 12.1 Å². The molecule has 5 nitrogen and oxygen atoms in total. The zero-order valence-electron chi connectivity index (χ0n) is 9.27. The van der Waals surface area contributed by atoms with Crippen LogP contribution < -0.4 is 16.0 Å². The van der Waals surface area contributed by atoms with E-state index >= 15 is 0 Å². The van der Waals surface area contributed by atoms with E-state index in [4.69, 9.17) is 10.6 Å². The lowest BCUT2D eigenvalue weighted by Crippen LogP contribution is -2.30. The lowest BCUT2D eigenvalue weighted by molar-refractivity contribution is 0.381. The molecule has 1 heterocycles. The van der Waals surface area contributed by atoms with E-state index in [1.54, 1.807) is 30.6 Å². The normalized spacial score (nSPS) is 12.4. The first-order valence-electron chi connectivity index (χ1n) is 5.05. The monoisotopic (exact) mass is 236 g/mol. The molecule has 0 saturated carbocycles. The summed E-state index contributed by atoms with van der Waals surface area (Å²) in [7, 11) is 1.42. The zero-order chi connectivity index (χ0) is 12.3. The maximum absolute atomic E-state index is 14.0. The topological polar surface area (TPSA) is 76.0 Å². The van der Waals surface area contributed by atoms with Crippen molar-refractivity contribution >= 4 is 0 Å². The van der Waals surface area contributed by atoms with Crippen LogP contribution in [0.2, 0.25) is 0 Å². The number of nitrogens with one attached hydrogen (secondary N) is 2. The van der Waals surface area contributed by atoms with E-state index in [1.165, 1.54) is 7.11 Å². The second kappa shape index (κ2) is 4.94. The molecule has 0 spiro atoms. The first kappa shape index (κ1) is 11.6. The number of imidazole rings is 1. The second-order valence-electron chi connectivity index (χ2n) is 3.44. The van der Waals surface area contributed by atoms with Crippen molar-refractivity contribution in [1.29, 1.82) is 0 Å². The molecule has 0 saturated heterocycles. The van der Waals surface area contributed by atoms with Crippen molar-refractivity contribution in [2.75, 3.05) is 7.11 Å². The highest BCUT2D eigenvalue weighted by Crippen LogP contribution is 2.27. The predicted molar refractivity (Wildman–Crippen MR) is 60.7 cm³/mol. The number of benzene rings is 1. The maximum Gasteiger partial charge on any atom is 0.170 e. The minimum absolute atomic E-state index is 0.175. The fraction of sp³-hybridized carbons (Fsp3) is 0.182. The predicted octanol–water partition coefficient (Wildman–Crippen LogP) is 1.11. The Hall–Kier alpha value is -1.92. The minimum atomic E-state index is -0.542. The first-order chi connectivity index (χ1) is 8.27. The van der Waals surface area contributed by atoms with Crippen LogP contribution in [0.15, 0.2) is 30.6 Å². The molecule has 17 heavy (non-hydrogen) atoms. The van der Waals surface area contributed by atoms with Gasteiger partial charge in [0.05, 0.1) is 7.11 Å². The van der Waals surface area contributed by atoms with Crippen molar-refractivity contribution in [3.05, 3.63) is 47.8 Å². The molecule has 4 N–H and O–H groups in total. The Morgan fingerprint density at radius 1 is 1.53 bits per heavy atom. The summed E-state index contributed by atoms with van der Waals surface area (Å²) in [5, 5.41) is 0. The number of hydrazine groups is 1. The van der Waals surface area contributed by atoms with Gasteiger partial charge in [-0.05, 0) is 6.07 Å². The maximum atomic E-state index is 14.0. The molecule has 0 bridgehead atoms. The fourth-order valence-corrected chi connectivity index (χ4v) is 1.66. The summed E-state index contributed by atoms with van der Waals surface area (Å²) in [4.78, 5) is 6.95. The van der Waals surface area contributed by atoms with Gasteiger partial charge in [0, 0.05) is 18.0 Å². The van der Waals surface area contributed by atoms with Gasteiger partial charge < -0.3 is 9.72 Å². The third-order valence-electron chi connectivity index (χ3n) is 2.48. The van der Waals surface area contributed by atoms with Gasteiger partial charge in [-0.25, -0.2) is 14.8 Å². The van der Waals surface area contributed by atoms with Crippen LogP contribution in [0, 0.1) is 5.82 Å². The summed E-state index contributed by atoms with van der Waals surface area (Å²) in [6, 6.07) is 4.34. The number of aromatic amines is 1. The summed E-state index contributed by atoms with van der Waals surface area (Å²) in [6.45, 7) is 0. The molecule has 6 heteroatoms. The number of nitrogens with two attached hydrogens (primary N) is 1. The minimum Gasteiger partial charge on any atom is -0.494 e. The highest BCUT2D eigenvalue weighted by molar-refractivity contribution is 5.35. The summed E-state index contributed by atoms with van der Waals surface area (Å²) in [6.07, 6.45) is 3.23. The van der Waals surface area contributed by atoms with E-state index in [0.717, 1.165) is 0 Å². The molecule has 90 valence electrons. The lowest BCUT2D eigenvalue weighted by Gasteiger charge is -2.15. The number of rotatable bonds is 4. The number of ether oxygens (including phenoxy) is 1. The number of methoxy groups -OCH3 is 1. The third kappa shape index (κ3) is 2.13. The van der Waals surface area contributed by atoms with Crippen molar-refractivity contribution in [2.45, 2.75) is 6.04 Å². The molecule has 0 aliphatic carbocycles. The molecule has 0 radical (unpaired) electrons. The summed E-state index contributed by atoms with van der Waals surface area (Å²) >= 11 is 0. The Morgan fingerprint density at radius 3 is 2.94 bits per heavy atom. The number of halogens is 1. The molecule has 1 aromatic carbocycles. The smallest absolute Gasteiger partial charge is 0.170 e. The Morgan fingerprint density at radius 2 is 2.35 bits per heavy atom. The number of nitrogens with zero attached hydrogens (tertiary/aromatic N) is 1. The van der Waals surface area contributed by atoms with Crippen LogP contribution >= 0.6 is 0 Å². The van der Waals surface area contributed by atoms with Crippen molar-refractivity contribution in [2.24, 2.45) is 5.84 Å². The van der Waals surface area contributed by atoms with Gasteiger partial charge in [0.15, 0.2) is 11.6 Å². The fourth-order valence-electron chi connectivity index (χ4n) is 1.66. The molecule has 2 aromatic rings. The average Bonchev–Trinajstić information content (AvgIpc) is 2.86. The van der Waals surface area contributed by atoms with Crippen molar-refractivity contribution in [3.63, 3.8) is 0 Å². The molecule has 0 fully saturated rings. The van der Waals surface area contributed by atoms with E-state index in [1.807, 2.05) is 0 Å². The molecular formula is C11H13FN4O. The van der Waals surface area contributed by atoms with Crippen LogP contribution in [0.3, 0.4) is 0 Å². The summed E-state index contributed by atoms with van der Waals surface area (Å²) in [5.74, 6) is 5.71. The summed E-state index contributed by atoms with van der Waals surface area (Å²) in [5.41, 5.74) is 2.90.